The predicted octanol–water partition coefficient (Wildman–Crippen LogP) is 2.03. The summed E-state index contributed by atoms with van der Waals surface area (Å²) < 4.78 is 2.01. The van der Waals surface area contributed by atoms with Gasteiger partial charge < -0.3 is 20.5 Å². The van der Waals surface area contributed by atoms with Gasteiger partial charge in [-0.15, -0.1) is 0 Å². The lowest BCUT2D eigenvalue weighted by Crippen LogP contribution is -2.23. The number of benzene rings is 1. The summed E-state index contributed by atoms with van der Waals surface area (Å²) in [6, 6.07) is 6.21. The molecule has 0 atom stereocenters. The molecule has 0 spiro atoms. The third-order valence-electron chi connectivity index (χ3n) is 3.37. The zero-order valence-corrected chi connectivity index (χ0v) is 13.9. The highest BCUT2D eigenvalue weighted by atomic mass is 15.3. The fourth-order valence-electron chi connectivity index (χ4n) is 2.40. The Morgan fingerprint density at radius 2 is 1.91 bits per heavy atom. The molecule has 0 amide bonds. The number of nitrogens with zero attached hydrogens (tertiary/aromatic N) is 4. The molecular formula is C16H24N6. The lowest BCUT2D eigenvalue weighted by molar-refractivity contribution is 0.801. The van der Waals surface area contributed by atoms with Crippen molar-refractivity contribution in [1.82, 2.24) is 9.55 Å². The Labute approximate surface area is 131 Å². The molecule has 0 radical (unpaired) electrons. The van der Waals surface area contributed by atoms with E-state index in [1.807, 2.05) is 48.9 Å². The quantitative estimate of drug-likeness (QED) is 0.669. The van der Waals surface area contributed by atoms with E-state index in [0.29, 0.717) is 12.5 Å². The van der Waals surface area contributed by atoms with Gasteiger partial charge in [-0.05, 0) is 37.1 Å². The van der Waals surface area contributed by atoms with Gasteiger partial charge in [0.2, 0.25) is 5.95 Å². The van der Waals surface area contributed by atoms with Crippen molar-refractivity contribution in [3.63, 3.8) is 0 Å². The molecule has 0 aliphatic carbocycles. The number of guanidine groups is 1. The van der Waals surface area contributed by atoms with Gasteiger partial charge >= 0.3 is 0 Å². The Bertz CT molecular complexity index is 664. The number of imidazole rings is 1. The topological polar surface area (TPSA) is 71.5 Å². The van der Waals surface area contributed by atoms with Crippen LogP contribution in [0.2, 0.25) is 0 Å². The van der Waals surface area contributed by atoms with Gasteiger partial charge in [0, 0.05) is 26.8 Å². The minimum Gasteiger partial charge on any atom is -0.370 e. The summed E-state index contributed by atoms with van der Waals surface area (Å²) in [4.78, 5) is 10.7. The van der Waals surface area contributed by atoms with Crippen molar-refractivity contribution >= 4 is 17.6 Å². The number of hydrogen-bond donors (Lipinski definition) is 2. The molecule has 1 aromatic carbocycles. The minimum absolute atomic E-state index is 0.401. The van der Waals surface area contributed by atoms with Gasteiger partial charge in [0.05, 0.1) is 18.4 Å². The Hall–Kier alpha value is -2.50. The number of anilines is 2. The third-order valence-corrected chi connectivity index (χ3v) is 3.37. The smallest absolute Gasteiger partial charge is 0.204 e. The highest BCUT2D eigenvalue weighted by Crippen LogP contribution is 2.14. The summed E-state index contributed by atoms with van der Waals surface area (Å²) in [7, 11) is 5.90. The summed E-state index contributed by atoms with van der Waals surface area (Å²) in [6.45, 7) is 4.61. The van der Waals surface area contributed by atoms with E-state index in [9.17, 15) is 0 Å². The number of rotatable bonds is 4. The summed E-state index contributed by atoms with van der Waals surface area (Å²) in [5.41, 5.74) is 10.3. The average Bonchev–Trinajstić information content (AvgIpc) is 2.76. The van der Waals surface area contributed by atoms with Crippen LogP contribution in [0.25, 0.3) is 0 Å². The first-order valence-electron chi connectivity index (χ1n) is 7.20. The average molecular weight is 300 g/mol. The first kappa shape index (κ1) is 15.9. The number of aromatic nitrogens is 2. The molecule has 0 saturated carbocycles. The van der Waals surface area contributed by atoms with Gasteiger partial charge in [0.1, 0.15) is 0 Å². The maximum absolute atomic E-state index is 5.97. The number of aryl methyl sites for hydroxylation is 2. The lowest BCUT2D eigenvalue weighted by Gasteiger charge is -2.12. The second kappa shape index (κ2) is 6.51. The molecule has 2 rings (SSSR count). The molecule has 2 aromatic rings. The minimum atomic E-state index is 0.401. The molecule has 0 aliphatic rings. The van der Waals surface area contributed by atoms with Gasteiger partial charge in [-0.1, -0.05) is 6.07 Å². The zero-order valence-electron chi connectivity index (χ0n) is 13.9. The van der Waals surface area contributed by atoms with E-state index < -0.39 is 0 Å². The highest BCUT2D eigenvalue weighted by Gasteiger charge is 2.07. The van der Waals surface area contributed by atoms with Gasteiger partial charge in [-0.2, -0.15) is 0 Å². The third kappa shape index (κ3) is 3.78. The maximum Gasteiger partial charge on any atom is 0.204 e. The molecule has 1 heterocycles. The van der Waals surface area contributed by atoms with E-state index in [-0.39, 0.29) is 0 Å². The lowest BCUT2D eigenvalue weighted by atomic mass is 10.1. The molecule has 22 heavy (non-hydrogen) atoms. The number of aliphatic imine (C=N–C) groups is 1. The van der Waals surface area contributed by atoms with Crippen molar-refractivity contribution < 1.29 is 0 Å². The van der Waals surface area contributed by atoms with E-state index in [1.165, 1.54) is 11.1 Å². The summed E-state index contributed by atoms with van der Waals surface area (Å²) in [5, 5.41) is 3.13. The van der Waals surface area contributed by atoms with Crippen LogP contribution in [-0.2, 0) is 13.6 Å². The van der Waals surface area contributed by atoms with Crippen LogP contribution in [0, 0.1) is 13.8 Å². The first-order valence-corrected chi connectivity index (χ1v) is 7.20. The molecule has 0 fully saturated rings. The number of nitrogens with two attached hydrogens (primary N) is 1. The van der Waals surface area contributed by atoms with Crippen LogP contribution in [0.5, 0.6) is 0 Å². The predicted molar refractivity (Wildman–Crippen MR) is 92.4 cm³/mol. The molecule has 1 aromatic heterocycles. The first-order chi connectivity index (χ1) is 10.4. The van der Waals surface area contributed by atoms with Crippen molar-refractivity contribution in [3.8, 4) is 0 Å². The second-order valence-corrected chi connectivity index (χ2v) is 5.71. The maximum atomic E-state index is 5.97. The Balaban J connectivity index is 2.07. The van der Waals surface area contributed by atoms with Crippen molar-refractivity contribution in [2.45, 2.75) is 20.4 Å². The van der Waals surface area contributed by atoms with E-state index in [2.05, 4.69) is 35.2 Å². The molecule has 0 unspecified atom stereocenters. The Kier molecular flexibility index (Phi) is 4.70. The zero-order chi connectivity index (χ0) is 16.3. The Morgan fingerprint density at radius 3 is 2.45 bits per heavy atom. The van der Waals surface area contributed by atoms with E-state index in [0.717, 1.165) is 17.3 Å². The summed E-state index contributed by atoms with van der Waals surface area (Å²) in [6.07, 6.45) is 1.82. The molecule has 6 nitrogen and oxygen atoms in total. The monoisotopic (exact) mass is 300 g/mol. The Morgan fingerprint density at radius 1 is 1.27 bits per heavy atom. The van der Waals surface area contributed by atoms with Gasteiger partial charge in [-0.25, -0.2) is 9.98 Å². The van der Waals surface area contributed by atoms with Crippen LogP contribution >= 0.6 is 0 Å². The van der Waals surface area contributed by atoms with Gasteiger partial charge in [0.25, 0.3) is 0 Å². The SMILES string of the molecule is Cc1cc(C)cc(NC(N)=NCc2cnc(N(C)C)n2C)c1. The van der Waals surface area contributed by atoms with Crippen molar-refractivity contribution in [2.75, 3.05) is 24.3 Å². The van der Waals surface area contributed by atoms with Crippen LogP contribution in [-0.4, -0.2) is 29.6 Å². The molecule has 6 heteroatoms. The molecule has 3 N–H and O–H groups in total. The molecule has 118 valence electrons. The fourth-order valence-corrected chi connectivity index (χ4v) is 2.40. The van der Waals surface area contributed by atoms with Crippen LogP contribution in [0.15, 0.2) is 29.4 Å². The molecule has 0 saturated heterocycles. The highest BCUT2D eigenvalue weighted by molar-refractivity contribution is 5.92. The molecule has 0 bridgehead atoms. The van der Waals surface area contributed by atoms with Gasteiger partial charge in [-0.3, -0.25) is 0 Å². The number of hydrogen-bond acceptors (Lipinski definition) is 3. The van der Waals surface area contributed by atoms with Crippen LogP contribution in [0.1, 0.15) is 16.8 Å². The summed E-state index contributed by atoms with van der Waals surface area (Å²) >= 11 is 0. The van der Waals surface area contributed by atoms with Crippen LogP contribution < -0.4 is 16.0 Å². The largest absolute Gasteiger partial charge is 0.370 e. The van der Waals surface area contributed by atoms with Crippen LogP contribution in [0.4, 0.5) is 11.6 Å². The molecule has 0 aliphatic heterocycles. The van der Waals surface area contributed by atoms with Gasteiger partial charge in [0.15, 0.2) is 5.96 Å². The van der Waals surface area contributed by atoms with Crippen molar-refractivity contribution in [3.05, 3.63) is 41.2 Å². The normalized spacial score (nSPS) is 11.6. The van der Waals surface area contributed by atoms with Crippen molar-refractivity contribution in [1.29, 1.82) is 0 Å². The van der Waals surface area contributed by atoms with Crippen LogP contribution in [0.3, 0.4) is 0 Å². The van der Waals surface area contributed by atoms with E-state index in [1.54, 1.807) is 0 Å². The van der Waals surface area contributed by atoms with E-state index >= 15 is 0 Å². The fraction of sp³-hybridized carbons (Fsp3) is 0.375. The van der Waals surface area contributed by atoms with E-state index in [4.69, 9.17) is 5.73 Å². The summed E-state index contributed by atoms with van der Waals surface area (Å²) in [5.74, 6) is 1.30. The van der Waals surface area contributed by atoms with Crippen molar-refractivity contribution in [2.24, 2.45) is 17.8 Å². The second-order valence-electron chi connectivity index (χ2n) is 5.71. The molecular weight excluding hydrogens is 276 g/mol. The number of nitrogens with one attached hydrogen (secondary N) is 1. The standard InChI is InChI=1S/C16H24N6/c1-11-6-12(2)8-13(7-11)20-15(17)18-9-14-10-19-16(21(3)4)22(14)5/h6-8,10H,9H2,1-5H3,(H3,17,18,20).